The van der Waals surface area contributed by atoms with Gasteiger partial charge >= 0.3 is 0 Å². The fraction of sp³-hybridized carbons (Fsp3) is 0.250. The molecule has 1 heterocycles. The van der Waals surface area contributed by atoms with E-state index in [0.29, 0.717) is 12.6 Å². The minimum atomic E-state index is 0.543. The lowest BCUT2D eigenvalue weighted by Crippen LogP contribution is -2.03. The van der Waals surface area contributed by atoms with Crippen LogP contribution in [-0.4, -0.2) is 16.7 Å². The second-order valence-electron chi connectivity index (χ2n) is 3.66. The molecule has 0 unspecified atom stereocenters. The van der Waals surface area contributed by atoms with Crippen molar-refractivity contribution in [3.63, 3.8) is 0 Å². The van der Waals surface area contributed by atoms with Crippen molar-refractivity contribution in [1.29, 1.82) is 0 Å². The first kappa shape index (κ1) is 10.7. The summed E-state index contributed by atoms with van der Waals surface area (Å²) in [6.45, 7) is 1.40. The van der Waals surface area contributed by atoms with Crippen LogP contribution in [0.25, 0.3) is 0 Å². The minimum absolute atomic E-state index is 0.543. The Bertz CT molecular complexity index is 448. The molecule has 0 aliphatic heterocycles. The van der Waals surface area contributed by atoms with E-state index in [-0.39, 0.29) is 0 Å². The topological polar surface area (TPSA) is 53.1 Å². The maximum Gasteiger partial charge on any atom is 0.200 e. The predicted octanol–water partition coefficient (Wildman–Crippen LogP) is 1.66. The number of nitrogen functional groups attached to an aromatic ring is 1. The van der Waals surface area contributed by atoms with E-state index >= 15 is 0 Å². The fourth-order valence-corrected chi connectivity index (χ4v) is 1.58. The zero-order chi connectivity index (χ0) is 11.4. The zero-order valence-corrected chi connectivity index (χ0v) is 9.26. The Kier molecular flexibility index (Phi) is 3.22. The lowest BCUT2D eigenvalue weighted by molar-refractivity contribution is 0.185. The van der Waals surface area contributed by atoms with Crippen molar-refractivity contribution < 1.29 is 4.74 Å². The number of hydrogen-bond donors (Lipinski definition) is 1. The SMILES string of the molecule is COCc1ccc(Cn2ccnc2N)cc1. The molecule has 16 heavy (non-hydrogen) atoms. The average Bonchev–Trinajstić information content (AvgIpc) is 2.68. The molecule has 4 heteroatoms. The first-order chi connectivity index (χ1) is 7.79. The van der Waals surface area contributed by atoms with E-state index in [1.54, 1.807) is 13.3 Å². The summed E-state index contributed by atoms with van der Waals surface area (Å²) in [6, 6.07) is 8.28. The van der Waals surface area contributed by atoms with E-state index in [0.717, 1.165) is 6.54 Å². The standard InChI is InChI=1S/C12H15N3O/c1-16-9-11-4-2-10(3-5-11)8-15-7-6-14-12(15)13/h2-7H,8-9H2,1H3,(H2,13,14). The molecular formula is C12H15N3O. The van der Waals surface area contributed by atoms with Crippen molar-refractivity contribution in [2.75, 3.05) is 12.8 Å². The number of methoxy groups -OCH3 is 1. The molecule has 0 aliphatic carbocycles. The third kappa shape index (κ3) is 2.41. The minimum Gasteiger partial charge on any atom is -0.380 e. The summed E-state index contributed by atoms with van der Waals surface area (Å²) in [7, 11) is 1.69. The summed E-state index contributed by atoms with van der Waals surface area (Å²) in [5.41, 5.74) is 8.07. The van der Waals surface area contributed by atoms with Crippen molar-refractivity contribution in [2.45, 2.75) is 13.2 Å². The van der Waals surface area contributed by atoms with Gasteiger partial charge in [-0.3, -0.25) is 0 Å². The van der Waals surface area contributed by atoms with Gasteiger partial charge in [0.05, 0.1) is 13.2 Å². The molecule has 0 spiro atoms. The fourth-order valence-electron chi connectivity index (χ4n) is 1.58. The van der Waals surface area contributed by atoms with Gasteiger partial charge < -0.3 is 15.0 Å². The van der Waals surface area contributed by atoms with Crippen LogP contribution < -0.4 is 5.73 Å². The van der Waals surface area contributed by atoms with Crippen LogP contribution in [0.15, 0.2) is 36.7 Å². The highest BCUT2D eigenvalue weighted by molar-refractivity contribution is 5.25. The number of ether oxygens (including phenoxy) is 1. The summed E-state index contributed by atoms with van der Waals surface area (Å²) >= 11 is 0. The Morgan fingerprint density at radius 3 is 2.50 bits per heavy atom. The number of imidazole rings is 1. The Hall–Kier alpha value is -1.81. The van der Waals surface area contributed by atoms with Gasteiger partial charge in [-0.05, 0) is 11.1 Å². The molecule has 84 valence electrons. The number of benzene rings is 1. The number of aromatic nitrogens is 2. The van der Waals surface area contributed by atoms with Crippen LogP contribution in [0.5, 0.6) is 0 Å². The largest absolute Gasteiger partial charge is 0.380 e. The second kappa shape index (κ2) is 4.81. The first-order valence-corrected chi connectivity index (χ1v) is 5.13. The Balaban J connectivity index is 2.08. The molecule has 0 aliphatic rings. The van der Waals surface area contributed by atoms with Crippen molar-refractivity contribution in [3.8, 4) is 0 Å². The highest BCUT2D eigenvalue weighted by Gasteiger charge is 1.99. The molecule has 0 bridgehead atoms. The highest BCUT2D eigenvalue weighted by Crippen LogP contribution is 2.09. The van der Waals surface area contributed by atoms with Gasteiger partial charge in [-0.25, -0.2) is 4.98 Å². The molecule has 1 aromatic carbocycles. The zero-order valence-electron chi connectivity index (χ0n) is 9.26. The molecule has 0 amide bonds. The summed E-state index contributed by atoms with van der Waals surface area (Å²) in [5, 5.41) is 0. The summed E-state index contributed by atoms with van der Waals surface area (Å²) in [6.07, 6.45) is 3.58. The van der Waals surface area contributed by atoms with Crippen LogP contribution in [0.1, 0.15) is 11.1 Å². The van der Waals surface area contributed by atoms with Crippen LogP contribution >= 0.6 is 0 Å². The summed E-state index contributed by atoms with van der Waals surface area (Å²) < 4.78 is 6.97. The number of nitrogens with two attached hydrogens (primary N) is 1. The molecule has 2 aromatic rings. The summed E-state index contributed by atoms with van der Waals surface area (Å²) in [5.74, 6) is 0.543. The van der Waals surface area contributed by atoms with Gasteiger partial charge in [0.15, 0.2) is 5.95 Å². The normalized spacial score (nSPS) is 10.6. The van der Waals surface area contributed by atoms with E-state index in [4.69, 9.17) is 10.5 Å². The Morgan fingerprint density at radius 1 is 1.25 bits per heavy atom. The van der Waals surface area contributed by atoms with E-state index in [1.807, 2.05) is 10.8 Å². The second-order valence-corrected chi connectivity index (χ2v) is 3.66. The first-order valence-electron chi connectivity index (χ1n) is 5.13. The smallest absolute Gasteiger partial charge is 0.200 e. The van der Waals surface area contributed by atoms with Gasteiger partial charge in [0.2, 0.25) is 0 Å². The van der Waals surface area contributed by atoms with Gasteiger partial charge in [0.25, 0.3) is 0 Å². The molecule has 0 saturated carbocycles. The Morgan fingerprint density at radius 2 is 1.94 bits per heavy atom. The molecule has 2 rings (SSSR count). The van der Waals surface area contributed by atoms with Crippen LogP contribution in [0.4, 0.5) is 5.95 Å². The van der Waals surface area contributed by atoms with Crippen molar-refractivity contribution in [3.05, 3.63) is 47.8 Å². The lowest BCUT2D eigenvalue weighted by atomic mass is 10.1. The quantitative estimate of drug-likeness (QED) is 0.847. The molecule has 0 radical (unpaired) electrons. The molecule has 4 nitrogen and oxygen atoms in total. The maximum atomic E-state index is 5.70. The summed E-state index contributed by atoms with van der Waals surface area (Å²) in [4.78, 5) is 3.98. The number of rotatable bonds is 4. The number of hydrogen-bond acceptors (Lipinski definition) is 3. The monoisotopic (exact) mass is 217 g/mol. The molecule has 2 N–H and O–H groups in total. The number of nitrogens with zero attached hydrogens (tertiary/aromatic N) is 2. The van der Waals surface area contributed by atoms with Crippen molar-refractivity contribution >= 4 is 5.95 Å². The third-order valence-corrected chi connectivity index (χ3v) is 2.43. The maximum absolute atomic E-state index is 5.70. The molecule has 1 aromatic heterocycles. The van der Waals surface area contributed by atoms with Crippen LogP contribution in [0.2, 0.25) is 0 Å². The van der Waals surface area contributed by atoms with Gasteiger partial charge in [-0.2, -0.15) is 0 Å². The Labute approximate surface area is 94.7 Å². The van der Waals surface area contributed by atoms with E-state index in [2.05, 4.69) is 29.2 Å². The van der Waals surface area contributed by atoms with Gasteiger partial charge in [-0.1, -0.05) is 24.3 Å². The van der Waals surface area contributed by atoms with Gasteiger partial charge in [-0.15, -0.1) is 0 Å². The highest BCUT2D eigenvalue weighted by atomic mass is 16.5. The molecular weight excluding hydrogens is 202 g/mol. The molecule has 0 atom stereocenters. The van der Waals surface area contributed by atoms with Gasteiger partial charge in [0.1, 0.15) is 0 Å². The van der Waals surface area contributed by atoms with Crippen molar-refractivity contribution in [1.82, 2.24) is 9.55 Å². The molecule has 0 saturated heterocycles. The van der Waals surface area contributed by atoms with E-state index in [1.165, 1.54) is 11.1 Å². The lowest BCUT2D eigenvalue weighted by Gasteiger charge is -2.06. The van der Waals surface area contributed by atoms with Gasteiger partial charge in [0, 0.05) is 19.5 Å². The third-order valence-electron chi connectivity index (χ3n) is 2.43. The van der Waals surface area contributed by atoms with Crippen molar-refractivity contribution in [2.24, 2.45) is 0 Å². The number of anilines is 1. The van der Waals surface area contributed by atoms with Crippen LogP contribution in [0, 0.1) is 0 Å². The predicted molar refractivity (Wildman–Crippen MR) is 62.9 cm³/mol. The average molecular weight is 217 g/mol. The molecule has 0 fully saturated rings. The van der Waals surface area contributed by atoms with E-state index in [9.17, 15) is 0 Å². The van der Waals surface area contributed by atoms with E-state index < -0.39 is 0 Å². The van der Waals surface area contributed by atoms with Crippen LogP contribution in [0.3, 0.4) is 0 Å². The van der Waals surface area contributed by atoms with Crippen LogP contribution in [-0.2, 0) is 17.9 Å².